The van der Waals surface area contributed by atoms with Gasteiger partial charge in [-0.1, -0.05) is 55.8 Å². The van der Waals surface area contributed by atoms with Crippen LogP contribution in [0.5, 0.6) is 0 Å². The third-order valence-corrected chi connectivity index (χ3v) is 4.12. The van der Waals surface area contributed by atoms with Gasteiger partial charge in [0, 0.05) is 0 Å². The number of hydrogen-bond donors (Lipinski definition) is 1. The lowest BCUT2D eigenvalue weighted by atomic mass is 9.97. The summed E-state index contributed by atoms with van der Waals surface area (Å²) >= 11 is 5.73. The van der Waals surface area contributed by atoms with Crippen LogP contribution >= 0.6 is 11.6 Å². The summed E-state index contributed by atoms with van der Waals surface area (Å²) in [7, 11) is 0. The second-order valence-electron chi connectivity index (χ2n) is 6.48. The number of carbonyl (C=O) groups is 2. The van der Waals surface area contributed by atoms with Crippen molar-refractivity contribution in [2.45, 2.75) is 26.3 Å². The lowest BCUT2D eigenvalue weighted by Gasteiger charge is -2.21. The van der Waals surface area contributed by atoms with Gasteiger partial charge in [0.15, 0.2) is 18.2 Å². The molecule has 0 aliphatic heterocycles. The summed E-state index contributed by atoms with van der Waals surface area (Å²) < 4.78 is 31.2. The van der Waals surface area contributed by atoms with E-state index < -0.39 is 30.1 Å². The molecule has 0 radical (unpaired) electrons. The number of amides is 1. The van der Waals surface area contributed by atoms with Crippen LogP contribution in [0.25, 0.3) is 0 Å². The quantitative estimate of drug-likeness (QED) is 0.547. The highest BCUT2D eigenvalue weighted by Crippen LogP contribution is 2.22. The molecule has 0 saturated heterocycles. The third kappa shape index (κ3) is 6.03. The van der Waals surface area contributed by atoms with E-state index in [0.29, 0.717) is 24.5 Å². The average Bonchev–Trinajstić information content (AvgIpc) is 2.62. The molecule has 0 bridgehead atoms. The fraction of sp³-hybridized carbons (Fsp3) is 0.300. The van der Waals surface area contributed by atoms with Gasteiger partial charge >= 0.3 is 5.97 Å². The van der Waals surface area contributed by atoms with Crippen molar-refractivity contribution in [2.24, 2.45) is 5.92 Å². The highest BCUT2D eigenvalue weighted by atomic mass is 35.5. The van der Waals surface area contributed by atoms with Crippen molar-refractivity contribution in [3.63, 3.8) is 0 Å². The lowest BCUT2D eigenvalue weighted by Crippen LogP contribution is -2.33. The molecule has 2 rings (SSSR count). The predicted molar refractivity (Wildman–Crippen MR) is 98.4 cm³/mol. The van der Waals surface area contributed by atoms with Gasteiger partial charge < -0.3 is 10.1 Å². The molecule has 2 aromatic rings. The number of ether oxygens (including phenoxy) is 1. The van der Waals surface area contributed by atoms with Gasteiger partial charge in [-0.05, 0) is 30.0 Å². The molecule has 0 aliphatic carbocycles. The Bertz CT molecular complexity index is 812. The Kier molecular flexibility index (Phi) is 7.30. The summed E-state index contributed by atoms with van der Waals surface area (Å²) in [5, 5.41) is 2.53. The van der Waals surface area contributed by atoms with Crippen LogP contribution < -0.4 is 5.32 Å². The van der Waals surface area contributed by atoms with E-state index in [9.17, 15) is 18.4 Å². The van der Waals surface area contributed by atoms with Crippen LogP contribution in [0.3, 0.4) is 0 Å². The number of carbonyl (C=O) groups excluding carboxylic acids is 2. The van der Waals surface area contributed by atoms with Crippen LogP contribution in [-0.4, -0.2) is 18.5 Å². The molecule has 1 atom stereocenters. The molecule has 7 heteroatoms. The molecule has 1 N–H and O–H groups in total. The van der Waals surface area contributed by atoms with Gasteiger partial charge in [-0.15, -0.1) is 0 Å². The first-order valence-electron chi connectivity index (χ1n) is 8.44. The number of hydrogen-bond acceptors (Lipinski definition) is 3. The highest BCUT2D eigenvalue weighted by molar-refractivity contribution is 6.33. The Balaban J connectivity index is 1.99. The Hall–Kier alpha value is -2.47. The van der Waals surface area contributed by atoms with Gasteiger partial charge in [-0.3, -0.25) is 4.79 Å². The van der Waals surface area contributed by atoms with Crippen LogP contribution in [0.1, 0.15) is 42.2 Å². The highest BCUT2D eigenvalue weighted by Gasteiger charge is 2.20. The maximum Gasteiger partial charge on any atom is 0.340 e. The summed E-state index contributed by atoms with van der Waals surface area (Å²) in [6.45, 7) is 3.51. The number of nitrogens with one attached hydrogen (secondary N) is 1. The van der Waals surface area contributed by atoms with Crippen molar-refractivity contribution in [1.82, 2.24) is 5.32 Å². The molecule has 0 spiro atoms. The maximum absolute atomic E-state index is 13.3. The number of halogens is 3. The van der Waals surface area contributed by atoms with Crippen molar-refractivity contribution in [3.05, 3.63) is 70.2 Å². The molecule has 27 heavy (non-hydrogen) atoms. The van der Waals surface area contributed by atoms with Gasteiger partial charge in [0.05, 0.1) is 16.6 Å². The summed E-state index contributed by atoms with van der Waals surface area (Å²) in [6, 6.07) is 10.5. The van der Waals surface area contributed by atoms with Gasteiger partial charge in [0.2, 0.25) is 0 Å². The van der Waals surface area contributed by atoms with Crippen LogP contribution in [0.15, 0.2) is 42.5 Å². The summed E-state index contributed by atoms with van der Waals surface area (Å²) in [6.07, 6.45) is 0.707. The van der Waals surface area contributed by atoms with Crippen molar-refractivity contribution in [1.29, 1.82) is 0 Å². The maximum atomic E-state index is 13.3. The first kappa shape index (κ1) is 20.8. The fourth-order valence-corrected chi connectivity index (χ4v) is 2.79. The predicted octanol–water partition coefficient (Wildman–Crippen LogP) is 4.68. The Morgan fingerprint density at radius 1 is 1.11 bits per heavy atom. The van der Waals surface area contributed by atoms with Crippen LogP contribution in [-0.2, 0) is 9.53 Å². The molecule has 0 heterocycles. The van der Waals surface area contributed by atoms with Gasteiger partial charge in [0.25, 0.3) is 5.91 Å². The number of rotatable bonds is 7. The molecule has 0 aromatic heterocycles. The summed E-state index contributed by atoms with van der Waals surface area (Å²) in [4.78, 5) is 24.2. The van der Waals surface area contributed by atoms with Crippen LogP contribution in [0.4, 0.5) is 8.78 Å². The van der Waals surface area contributed by atoms with E-state index in [2.05, 4.69) is 5.32 Å². The molecule has 2 aromatic carbocycles. The van der Waals surface area contributed by atoms with Crippen LogP contribution in [0, 0.1) is 17.6 Å². The Morgan fingerprint density at radius 3 is 2.37 bits per heavy atom. The fourth-order valence-electron chi connectivity index (χ4n) is 2.56. The standard InChI is InChI=1S/C20H20ClF2NO3/c1-12(2)8-18(13-6-4-3-5-7-13)24-19(25)11-27-20(26)14-9-16(22)17(23)10-15(14)21/h3-7,9-10,12,18H,8,11H2,1-2H3,(H,24,25)/t18-/m1/s1. The van der Waals surface area contributed by atoms with E-state index in [1.54, 1.807) is 0 Å². The van der Waals surface area contributed by atoms with Crippen molar-refractivity contribution >= 4 is 23.5 Å². The average molecular weight is 396 g/mol. The van der Waals surface area contributed by atoms with Gasteiger partial charge in [-0.2, -0.15) is 0 Å². The Morgan fingerprint density at radius 2 is 1.74 bits per heavy atom. The smallest absolute Gasteiger partial charge is 0.340 e. The molecule has 1 amide bonds. The molecular formula is C20H20ClF2NO3. The topological polar surface area (TPSA) is 55.4 Å². The zero-order valence-corrected chi connectivity index (χ0v) is 15.7. The number of benzene rings is 2. The minimum atomic E-state index is -1.23. The van der Waals surface area contributed by atoms with E-state index in [1.807, 2.05) is 44.2 Å². The van der Waals surface area contributed by atoms with E-state index in [4.69, 9.17) is 16.3 Å². The van der Waals surface area contributed by atoms with Gasteiger partial charge in [-0.25, -0.2) is 13.6 Å². The monoisotopic (exact) mass is 395 g/mol. The van der Waals surface area contributed by atoms with Crippen molar-refractivity contribution in [2.75, 3.05) is 6.61 Å². The molecule has 0 unspecified atom stereocenters. The zero-order chi connectivity index (χ0) is 20.0. The third-order valence-electron chi connectivity index (χ3n) is 3.81. The summed E-state index contributed by atoms with van der Waals surface area (Å²) in [5.41, 5.74) is 0.597. The molecule has 4 nitrogen and oxygen atoms in total. The van der Waals surface area contributed by atoms with Crippen molar-refractivity contribution < 1.29 is 23.1 Å². The minimum absolute atomic E-state index is 0.232. The molecule has 0 fully saturated rings. The van der Waals surface area contributed by atoms with E-state index in [0.717, 1.165) is 5.56 Å². The zero-order valence-electron chi connectivity index (χ0n) is 15.0. The van der Waals surface area contributed by atoms with E-state index >= 15 is 0 Å². The van der Waals surface area contributed by atoms with E-state index in [-0.39, 0.29) is 16.6 Å². The van der Waals surface area contributed by atoms with E-state index in [1.165, 1.54) is 0 Å². The SMILES string of the molecule is CC(C)C[C@@H](NC(=O)COC(=O)c1cc(F)c(F)cc1Cl)c1ccccc1. The largest absolute Gasteiger partial charge is 0.452 e. The molecular weight excluding hydrogens is 376 g/mol. The van der Waals surface area contributed by atoms with Crippen molar-refractivity contribution in [3.8, 4) is 0 Å². The molecule has 0 aliphatic rings. The van der Waals surface area contributed by atoms with Gasteiger partial charge in [0.1, 0.15) is 0 Å². The molecule has 144 valence electrons. The number of esters is 1. The normalized spacial score (nSPS) is 11.9. The molecule has 0 saturated carbocycles. The summed E-state index contributed by atoms with van der Waals surface area (Å²) in [5.74, 6) is -3.57. The second-order valence-corrected chi connectivity index (χ2v) is 6.89. The lowest BCUT2D eigenvalue weighted by molar-refractivity contribution is -0.125. The second kappa shape index (κ2) is 9.46. The minimum Gasteiger partial charge on any atom is -0.452 e. The first-order valence-corrected chi connectivity index (χ1v) is 8.81. The first-order chi connectivity index (χ1) is 12.8. The van der Waals surface area contributed by atoms with Crippen LogP contribution in [0.2, 0.25) is 5.02 Å². The Labute approximate surface area is 161 Å².